The van der Waals surface area contributed by atoms with Crippen LogP contribution in [-0.4, -0.2) is 6.04 Å². The van der Waals surface area contributed by atoms with Crippen molar-refractivity contribution in [3.63, 3.8) is 0 Å². The van der Waals surface area contributed by atoms with E-state index >= 15 is 0 Å². The third kappa shape index (κ3) is 1.93. The van der Waals surface area contributed by atoms with E-state index in [2.05, 4.69) is 0 Å². The highest BCUT2D eigenvalue weighted by atomic mass is 19.1. The summed E-state index contributed by atoms with van der Waals surface area (Å²) in [5.74, 6) is -1.30. The zero-order valence-electron chi connectivity index (χ0n) is 8.64. The molecule has 0 radical (unpaired) electrons. The molecule has 0 saturated carbocycles. The molecule has 0 aliphatic rings. The zero-order valence-corrected chi connectivity index (χ0v) is 8.64. The van der Waals surface area contributed by atoms with E-state index in [0.717, 1.165) is 0 Å². The molecule has 1 aromatic carbocycles. The van der Waals surface area contributed by atoms with Gasteiger partial charge in [0.05, 0.1) is 0 Å². The molecule has 1 nitrogen and oxygen atoms in total. The lowest BCUT2D eigenvalue weighted by Gasteiger charge is -2.18. The molecule has 0 amide bonds. The van der Waals surface area contributed by atoms with E-state index in [-0.39, 0.29) is 17.5 Å². The van der Waals surface area contributed by atoms with Crippen molar-refractivity contribution in [3.05, 3.63) is 34.9 Å². The smallest absolute Gasteiger partial charge is 0.132 e. The average Bonchev–Trinajstić information content (AvgIpc) is 2.12. The minimum atomic E-state index is -0.516. The SMILES string of the molecule is Cc1ccc(F)c(C(C)C(C)N)c1F. The summed E-state index contributed by atoms with van der Waals surface area (Å²) in [6, 6.07) is 2.45. The van der Waals surface area contributed by atoms with Crippen molar-refractivity contribution < 1.29 is 8.78 Å². The Balaban J connectivity index is 3.25. The Labute approximate surface area is 82.9 Å². The Hall–Kier alpha value is -0.960. The molecule has 0 heterocycles. The summed E-state index contributed by atoms with van der Waals surface area (Å²) in [6.07, 6.45) is 0. The van der Waals surface area contributed by atoms with Gasteiger partial charge in [0.25, 0.3) is 0 Å². The van der Waals surface area contributed by atoms with Crippen LogP contribution in [-0.2, 0) is 0 Å². The molecule has 1 rings (SSSR count). The molecule has 0 spiro atoms. The predicted molar refractivity (Wildman–Crippen MR) is 53.2 cm³/mol. The van der Waals surface area contributed by atoms with Gasteiger partial charge in [0.15, 0.2) is 0 Å². The predicted octanol–water partition coefficient (Wildman–Crippen LogP) is 2.72. The van der Waals surface area contributed by atoms with Gasteiger partial charge in [-0.2, -0.15) is 0 Å². The fraction of sp³-hybridized carbons (Fsp3) is 0.455. The average molecular weight is 199 g/mol. The second-order valence-electron chi connectivity index (χ2n) is 3.74. The first-order valence-corrected chi connectivity index (χ1v) is 4.65. The second-order valence-corrected chi connectivity index (χ2v) is 3.74. The van der Waals surface area contributed by atoms with Crippen molar-refractivity contribution in [1.82, 2.24) is 0 Å². The summed E-state index contributed by atoms with van der Waals surface area (Å²) in [5.41, 5.74) is 6.17. The van der Waals surface area contributed by atoms with Crippen LogP contribution in [0.2, 0.25) is 0 Å². The lowest BCUT2D eigenvalue weighted by atomic mass is 9.92. The van der Waals surface area contributed by atoms with Gasteiger partial charge < -0.3 is 5.73 Å². The van der Waals surface area contributed by atoms with Gasteiger partial charge in [-0.15, -0.1) is 0 Å². The minimum Gasteiger partial charge on any atom is -0.327 e. The van der Waals surface area contributed by atoms with E-state index in [0.29, 0.717) is 5.56 Å². The van der Waals surface area contributed by atoms with E-state index in [1.54, 1.807) is 20.8 Å². The van der Waals surface area contributed by atoms with Crippen molar-refractivity contribution >= 4 is 0 Å². The van der Waals surface area contributed by atoms with E-state index in [1.807, 2.05) is 0 Å². The Bertz CT molecular complexity index is 334. The van der Waals surface area contributed by atoms with Gasteiger partial charge in [-0.3, -0.25) is 0 Å². The Morgan fingerprint density at radius 3 is 2.29 bits per heavy atom. The highest BCUT2D eigenvalue weighted by Crippen LogP contribution is 2.26. The summed E-state index contributed by atoms with van der Waals surface area (Å²) < 4.78 is 26.9. The van der Waals surface area contributed by atoms with Gasteiger partial charge in [0, 0.05) is 17.5 Å². The van der Waals surface area contributed by atoms with Crippen LogP contribution in [0.4, 0.5) is 8.78 Å². The summed E-state index contributed by atoms with van der Waals surface area (Å²) in [6.45, 7) is 5.09. The van der Waals surface area contributed by atoms with Gasteiger partial charge in [0.2, 0.25) is 0 Å². The fourth-order valence-corrected chi connectivity index (χ4v) is 1.36. The van der Waals surface area contributed by atoms with Crippen molar-refractivity contribution in [2.24, 2.45) is 5.73 Å². The monoisotopic (exact) mass is 199 g/mol. The Morgan fingerprint density at radius 1 is 1.21 bits per heavy atom. The molecule has 14 heavy (non-hydrogen) atoms. The Kier molecular flexibility index (Phi) is 3.21. The minimum absolute atomic E-state index is 0.0972. The number of nitrogens with two attached hydrogens (primary N) is 1. The van der Waals surface area contributed by atoms with Crippen LogP contribution in [0.15, 0.2) is 12.1 Å². The van der Waals surface area contributed by atoms with Gasteiger partial charge in [-0.1, -0.05) is 13.0 Å². The molecule has 1 aromatic rings. The van der Waals surface area contributed by atoms with Crippen molar-refractivity contribution in [1.29, 1.82) is 0 Å². The highest BCUT2D eigenvalue weighted by Gasteiger charge is 2.20. The summed E-state index contributed by atoms with van der Waals surface area (Å²) >= 11 is 0. The van der Waals surface area contributed by atoms with Crippen LogP contribution < -0.4 is 5.73 Å². The quantitative estimate of drug-likeness (QED) is 0.778. The molecular formula is C11H15F2N. The lowest BCUT2D eigenvalue weighted by Crippen LogP contribution is -2.24. The fourth-order valence-electron chi connectivity index (χ4n) is 1.36. The molecule has 3 heteroatoms. The lowest BCUT2D eigenvalue weighted by molar-refractivity contribution is 0.499. The molecule has 2 N–H and O–H groups in total. The second kappa shape index (κ2) is 4.05. The zero-order chi connectivity index (χ0) is 10.9. The molecule has 2 unspecified atom stereocenters. The summed E-state index contributed by atoms with van der Waals surface area (Å²) in [4.78, 5) is 0. The van der Waals surface area contributed by atoms with Crippen molar-refractivity contribution in [2.45, 2.75) is 32.7 Å². The molecule has 0 saturated heterocycles. The first kappa shape index (κ1) is 11.1. The maximum Gasteiger partial charge on any atom is 0.132 e. The van der Waals surface area contributed by atoms with Gasteiger partial charge in [0.1, 0.15) is 11.6 Å². The number of halogens is 2. The van der Waals surface area contributed by atoms with Crippen LogP contribution >= 0.6 is 0 Å². The number of hydrogen-bond acceptors (Lipinski definition) is 1. The molecule has 2 atom stereocenters. The topological polar surface area (TPSA) is 26.0 Å². The van der Waals surface area contributed by atoms with Crippen LogP contribution in [0.3, 0.4) is 0 Å². The first-order valence-electron chi connectivity index (χ1n) is 4.65. The first-order chi connectivity index (χ1) is 6.45. The third-order valence-corrected chi connectivity index (χ3v) is 2.56. The van der Waals surface area contributed by atoms with Crippen molar-refractivity contribution in [3.8, 4) is 0 Å². The molecule has 0 aliphatic heterocycles. The summed E-state index contributed by atoms with van der Waals surface area (Å²) in [5, 5.41) is 0. The molecular weight excluding hydrogens is 184 g/mol. The van der Waals surface area contributed by atoms with E-state index in [4.69, 9.17) is 5.73 Å². The summed E-state index contributed by atoms with van der Waals surface area (Å²) in [7, 11) is 0. The number of hydrogen-bond donors (Lipinski definition) is 1. The van der Waals surface area contributed by atoms with E-state index in [9.17, 15) is 8.78 Å². The van der Waals surface area contributed by atoms with E-state index in [1.165, 1.54) is 12.1 Å². The van der Waals surface area contributed by atoms with Crippen LogP contribution in [0.25, 0.3) is 0 Å². The number of aryl methyl sites for hydroxylation is 1. The van der Waals surface area contributed by atoms with E-state index < -0.39 is 11.6 Å². The van der Waals surface area contributed by atoms with Crippen LogP contribution in [0.1, 0.15) is 30.9 Å². The Morgan fingerprint density at radius 2 is 1.79 bits per heavy atom. The third-order valence-electron chi connectivity index (χ3n) is 2.56. The molecule has 0 bridgehead atoms. The maximum absolute atomic E-state index is 13.6. The van der Waals surface area contributed by atoms with Gasteiger partial charge >= 0.3 is 0 Å². The van der Waals surface area contributed by atoms with Crippen LogP contribution in [0, 0.1) is 18.6 Å². The maximum atomic E-state index is 13.6. The highest BCUT2D eigenvalue weighted by molar-refractivity contribution is 5.30. The number of rotatable bonds is 2. The standard InChI is InChI=1S/C11H15F2N/c1-6-4-5-9(12)10(11(6)13)7(2)8(3)14/h4-5,7-8H,14H2,1-3H3. The molecule has 0 aromatic heterocycles. The molecule has 0 aliphatic carbocycles. The number of benzene rings is 1. The van der Waals surface area contributed by atoms with Gasteiger partial charge in [-0.25, -0.2) is 8.78 Å². The largest absolute Gasteiger partial charge is 0.327 e. The van der Waals surface area contributed by atoms with Crippen LogP contribution in [0.5, 0.6) is 0 Å². The molecule has 0 fully saturated rings. The normalized spacial score (nSPS) is 15.3. The van der Waals surface area contributed by atoms with Gasteiger partial charge in [-0.05, 0) is 25.5 Å². The molecule has 78 valence electrons. The van der Waals surface area contributed by atoms with Crippen molar-refractivity contribution in [2.75, 3.05) is 0 Å².